The Bertz CT molecular complexity index is 2880. The summed E-state index contributed by atoms with van der Waals surface area (Å²) >= 11 is 0. The highest BCUT2D eigenvalue weighted by Crippen LogP contribution is 2.38. The molecule has 0 bridgehead atoms. The van der Waals surface area contributed by atoms with Crippen LogP contribution in [0.4, 0.5) is 11.6 Å². The van der Waals surface area contributed by atoms with Crippen LogP contribution in [0.25, 0.3) is 33.8 Å². The van der Waals surface area contributed by atoms with E-state index in [-0.39, 0.29) is 11.8 Å². The summed E-state index contributed by atoms with van der Waals surface area (Å²) in [6.45, 7) is 1.16. The zero-order chi connectivity index (χ0) is 44.0. The van der Waals surface area contributed by atoms with Gasteiger partial charge in [-0.05, 0) is 73.2 Å². The lowest BCUT2D eigenvalue weighted by atomic mass is 10.1. The fourth-order valence-corrected chi connectivity index (χ4v) is 7.30. The van der Waals surface area contributed by atoms with Crippen LogP contribution in [0.3, 0.4) is 0 Å². The number of nitrogens with zero attached hydrogens (tertiary/aromatic N) is 6. The number of carbonyl (C=O) groups excluding carboxylic acids is 2. The number of hydrogen-bond donors (Lipinski definition) is 4. The second-order valence-corrected chi connectivity index (χ2v) is 15.6. The van der Waals surface area contributed by atoms with E-state index in [1.807, 2.05) is 106 Å². The van der Waals surface area contributed by atoms with Crippen LogP contribution in [0, 0.1) is 0 Å². The molecule has 8 aromatic rings. The lowest BCUT2D eigenvalue weighted by Crippen LogP contribution is -2.25. The molecule has 2 fully saturated rings. The topological polar surface area (TPSA) is 170 Å². The summed E-state index contributed by atoms with van der Waals surface area (Å²) in [6.07, 6.45) is 15.2. The van der Waals surface area contributed by atoms with Crippen molar-refractivity contribution < 1.29 is 23.8 Å². The van der Waals surface area contributed by atoms with Crippen molar-refractivity contribution in [3.05, 3.63) is 150 Å². The maximum atomic E-state index is 12.3. The molecule has 0 saturated heterocycles. The van der Waals surface area contributed by atoms with Gasteiger partial charge in [-0.25, -0.2) is 19.9 Å². The molecule has 324 valence electrons. The van der Waals surface area contributed by atoms with Gasteiger partial charge in [0.15, 0.2) is 34.4 Å². The summed E-state index contributed by atoms with van der Waals surface area (Å²) in [5.74, 6) is 3.08. The van der Waals surface area contributed by atoms with Gasteiger partial charge in [-0.15, -0.1) is 0 Å². The largest absolute Gasteiger partial charge is 0.493 e. The second-order valence-electron chi connectivity index (χ2n) is 15.6. The van der Waals surface area contributed by atoms with Crippen LogP contribution in [-0.2, 0) is 13.1 Å². The fraction of sp³-hybridized carbons (Fsp3) is 0.224. The number of nitrogens with one attached hydrogen (secondary N) is 4. The van der Waals surface area contributed by atoms with Crippen LogP contribution in [0.1, 0.15) is 57.5 Å². The number of imidazole rings is 2. The lowest BCUT2D eigenvalue weighted by molar-refractivity contribution is 0.0942. The summed E-state index contributed by atoms with van der Waals surface area (Å²) in [5, 5.41) is 12.8. The Kier molecular flexibility index (Phi) is 12.0. The fourth-order valence-electron chi connectivity index (χ4n) is 7.30. The standard InChI is InChI=1S/C26H27N5O4.C23H21N5O/c1-33-21-12-16(13-22(34-2)23(21)35-3)14-28-24-25-29-15-20(31(25)11-10-27-24)17-4-6-18(7-5-17)26(32)30-19-8-9-19;29-23(27-19-10-11-19)18-8-6-17(7-9-18)20-15-26-22-21(24-12-13-28(20)22)25-14-16-4-2-1-3-5-16/h4-7,10-13,15,19H,8-9,14H2,1-3H3,(H,27,28)(H,30,32);1-9,12-13,15,19H,10-11,14H2,(H,24,25)(H,27,29). The summed E-state index contributed by atoms with van der Waals surface area (Å²) in [4.78, 5) is 42.6. The third kappa shape index (κ3) is 9.28. The number of benzene rings is 4. The molecule has 0 radical (unpaired) electrons. The minimum Gasteiger partial charge on any atom is -0.493 e. The van der Waals surface area contributed by atoms with E-state index in [0.29, 0.717) is 65.0 Å². The van der Waals surface area contributed by atoms with Crippen LogP contribution >= 0.6 is 0 Å². The highest BCUT2D eigenvalue weighted by molar-refractivity contribution is 5.95. The van der Waals surface area contributed by atoms with E-state index in [0.717, 1.165) is 65.2 Å². The molecule has 0 aliphatic heterocycles. The van der Waals surface area contributed by atoms with Gasteiger partial charge < -0.3 is 35.5 Å². The molecule has 4 aromatic heterocycles. The quantitative estimate of drug-likeness (QED) is 0.0793. The number of carbonyl (C=O) groups is 2. The molecule has 4 aromatic carbocycles. The number of amides is 2. The van der Waals surface area contributed by atoms with Crippen molar-refractivity contribution in [1.82, 2.24) is 39.4 Å². The average Bonchev–Trinajstić information content (AvgIpc) is 4.26. The highest BCUT2D eigenvalue weighted by atomic mass is 16.5. The van der Waals surface area contributed by atoms with Crippen LogP contribution < -0.4 is 35.5 Å². The minimum atomic E-state index is -0.0281. The Hall–Kier alpha value is -7.94. The third-order valence-electron chi connectivity index (χ3n) is 11.1. The van der Waals surface area contributed by atoms with E-state index < -0.39 is 0 Å². The molecule has 0 spiro atoms. The van der Waals surface area contributed by atoms with Gasteiger partial charge in [0.2, 0.25) is 5.75 Å². The average molecular weight is 857 g/mol. The first-order valence-electron chi connectivity index (χ1n) is 21.2. The maximum absolute atomic E-state index is 12.3. The molecule has 64 heavy (non-hydrogen) atoms. The Morgan fingerprint density at radius 2 is 1.03 bits per heavy atom. The monoisotopic (exact) mass is 856 g/mol. The Labute approximate surface area is 369 Å². The molecule has 2 aliphatic rings. The first kappa shape index (κ1) is 41.4. The van der Waals surface area contributed by atoms with Gasteiger partial charge >= 0.3 is 0 Å². The van der Waals surface area contributed by atoms with Crippen molar-refractivity contribution in [3.8, 4) is 39.8 Å². The van der Waals surface area contributed by atoms with E-state index >= 15 is 0 Å². The summed E-state index contributed by atoms with van der Waals surface area (Å²) in [5.41, 5.74) is 8.76. The number of ether oxygens (including phenoxy) is 3. The number of aromatic nitrogens is 6. The molecule has 4 N–H and O–H groups in total. The maximum Gasteiger partial charge on any atom is 0.251 e. The Morgan fingerprint density at radius 1 is 0.578 bits per heavy atom. The third-order valence-corrected chi connectivity index (χ3v) is 11.1. The number of fused-ring (bicyclic) bond motifs is 2. The van der Waals surface area contributed by atoms with Gasteiger partial charge in [0.25, 0.3) is 11.8 Å². The van der Waals surface area contributed by atoms with Crippen molar-refractivity contribution in [2.24, 2.45) is 0 Å². The van der Waals surface area contributed by atoms with Crippen molar-refractivity contribution in [2.75, 3.05) is 32.0 Å². The van der Waals surface area contributed by atoms with E-state index in [9.17, 15) is 9.59 Å². The van der Waals surface area contributed by atoms with E-state index in [2.05, 4.69) is 53.3 Å². The number of anilines is 2. The molecule has 0 atom stereocenters. The second kappa shape index (κ2) is 18.6. The molecule has 2 saturated carbocycles. The first-order chi connectivity index (χ1) is 31.4. The van der Waals surface area contributed by atoms with E-state index in [1.54, 1.807) is 39.9 Å². The Morgan fingerprint density at radius 3 is 1.45 bits per heavy atom. The van der Waals surface area contributed by atoms with E-state index in [1.165, 1.54) is 5.56 Å². The first-order valence-corrected chi connectivity index (χ1v) is 21.2. The molecule has 4 heterocycles. The van der Waals surface area contributed by atoms with Crippen LogP contribution in [0.15, 0.2) is 128 Å². The predicted octanol–water partition coefficient (Wildman–Crippen LogP) is 7.83. The van der Waals surface area contributed by atoms with Crippen LogP contribution in [0.2, 0.25) is 0 Å². The van der Waals surface area contributed by atoms with Crippen molar-refractivity contribution >= 4 is 34.7 Å². The molecule has 10 rings (SSSR count). The smallest absolute Gasteiger partial charge is 0.251 e. The van der Waals surface area contributed by atoms with Crippen molar-refractivity contribution in [3.63, 3.8) is 0 Å². The summed E-state index contributed by atoms with van der Waals surface area (Å²) in [6, 6.07) is 29.9. The lowest BCUT2D eigenvalue weighted by Gasteiger charge is -2.14. The number of rotatable bonds is 15. The number of hydrogen-bond acceptors (Lipinski definition) is 11. The SMILES string of the molecule is COc1cc(CNc2nccn3c(-c4ccc(C(=O)NC5CC5)cc4)cnc23)cc(OC)c1OC.O=C(NC1CC1)c1ccc(-c2cnc3c(NCc4ccccc4)nccn23)cc1. The van der Waals surface area contributed by atoms with Crippen molar-refractivity contribution in [1.29, 1.82) is 0 Å². The predicted molar refractivity (Wildman–Crippen MR) is 245 cm³/mol. The van der Waals surface area contributed by atoms with Gasteiger partial charge in [-0.2, -0.15) is 0 Å². The minimum absolute atomic E-state index is 0.00575. The van der Waals surface area contributed by atoms with Crippen LogP contribution in [-0.4, -0.2) is 74.0 Å². The van der Waals surface area contributed by atoms with Crippen LogP contribution in [0.5, 0.6) is 17.2 Å². The molecular weight excluding hydrogens is 809 g/mol. The molecular formula is C49H48N10O5. The van der Waals surface area contributed by atoms with Gasteiger partial charge in [0.1, 0.15) is 0 Å². The summed E-state index contributed by atoms with van der Waals surface area (Å²) < 4.78 is 20.3. The zero-order valence-electron chi connectivity index (χ0n) is 35.7. The Balaban J connectivity index is 0.000000165. The molecule has 15 heteroatoms. The van der Waals surface area contributed by atoms with Crippen molar-refractivity contribution in [2.45, 2.75) is 50.9 Å². The van der Waals surface area contributed by atoms with E-state index in [4.69, 9.17) is 14.2 Å². The highest BCUT2D eigenvalue weighted by Gasteiger charge is 2.25. The normalized spacial score (nSPS) is 13.1. The molecule has 2 aliphatic carbocycles. The summed E-state index contributed by atoms with van der Waals surface area (Å²) in [7, 11) is 4.76. The molecule has 0 unspecified atom stereocenters. The molecule has 15 nitrogen and oxygen atoms in total. The zero-order valence-corrected chi connectivity index (χ0v) is 35.7. The van der Waals surface area contributed by atoms with Gasteiger partial charge in [-0.3, -0.25) is 18.4 Å². The van der Waals surface area contributed by atoms with Gasteiger partial charge in [0.05, 0.1) is 45.1 Å². The number of methoxy groups -OCH3 is 3. The van der Waals surface area contributed by atoms with Gasteiger partial charge in [-0.1, -0.05) is 54.6 Å². The van der Waals surface area contributed by atoms with Gasteiger partial charge in [0, 0.05) is 72.2 Å². The molecule has 2 amide bonds.